The normalized spacial score (nSPS) is 19.6. The lowest BCUT2D eigenvalue weighted by atomic mass is 10.4. The molecule has 0 amide bonds. The van der Waals surface area contributed by atoms with E-state index in [1.54, 1.807) is 4.90 Å². The second-order valence-corrected chi connectivity index (χ2v) is 5.74. The third-order valence-electron chi connectivity index (χ3n) is 2.40. The van der Waals surface area contributed by atoms with Crippen molar-refractivity contribution in [2.24, 2.45) is 0 Å². The summed E-state index contributed by atoms with van der Waals surface area (Å²) in [5.74, 6) is -1.23. The molecule has 0 aromatic heterocycles. The maximum absolute atomic E-state index is 11.9. The van der Waals surface area contributed by atoms with Gasteiger partial charge in [0.05, 0.1) is 13.2 Å². The summed E-state index contributed by atoms with van der Waals surface area (Å²) in [6.07, 6.45) is 1.35. The van der Waals surface area contributed by atoms with E-state index in [2.05, 4.69) is 11.3 Å². The minimum Gasteiger partial charge on any atom is -0.449 e. The van der Waals surface area contributed by atoms with E-state index in [1.165, 1.54) is 13.0 Å². The van der Waals surface area contributed by atoms with Gasteiger partial charge < -0.3 is 9.47 Å². The Morgan fingerprint density at radius 1 is 1.53 bits per heavy atom. The van der Waals surface area contributed by atoms with Crippen LogP contribution >= 0.6 is 0 Å². The molecule has 1 fully saturated rings. The fourth-order valence-electron chi connectivity index (χ4n) is 1.59. The molecule has 17 heavy (non-hydrogen) atoms. The number of morpholine rings is 1. The van der Waals surface area contributed by atoms with Crippen molar-refractivity contribution in [1.82, 2.24) is 4.90 Å². The lowest BCUT2D eigenvalue weighted by molar-refractivity contribution is -0.138. The SMILES string of the molecule is C=CC(N1CCOCC1)S(=O)(=O)COC(C)=O. The third-order valence-corrected chi connectivity index (χ3v) is 4.07. The molecule has 0 N–H and O–H groups in total. The Morgan fingerprint density at radius 2 is 2.12 bits per heavy atom. The second-order valence-electron chi connectivity index (χ2n) is 3.69. The van der Waals surface area contributed by atoms with E-state index in [1.807, 2.05) is 0 Å². The Kier molecular flexibility index (Phi) is 5.10. The molecule has 1 heterocycles. The smallest absolute Gasteiger partial charge is 0.303 e. The molecule has 0 saturated carbocycles. The van der Waals surface area contributed by atoms with Gasteiger partial charge in [0.1, 0.15) is 5.37 Å². The van der Waals surface area contributed by atoms with Crippen molar-refractivity contribution in [3.8, 4) is 0 Å². The van der Waals surface area contributed by atoms with Gasteiger partial charge in [0, 0.05) is 20.0 Å². The molecule has 0 radical (unpaired) electrons. The first-order valence-electron chi connectivity index (χ1n) is 5.26. The van der Waals surface area contributed by atoms with Gasteiger partial charge in [-0.2, -0.15) is 0 Å². The Labute approximate surface area is 101 Å². The molecule has 0 aromatic carbocycles. The number of ether oxygens (including phenoxy) is 2. The summed E-state index contributed by atoms with van der Waals surface area (Å²) in [4.78, 5) is 12.4. The quantitative estimate of drug-likeness (QED) is 0.504. The summed E-state index contributed by atoms with van der Waals surface area (Å²) in [7, 11) is -3.56. The Hall–Kier alpha value is -0.920. The van der Waals surface area contributed by atoms with E-state index in [4.69, 9.17) is 4.74 Å². The predicted molar refractivity (Wildman–Crippen MR) is 61.9 cm³/mol. The molecule has 1 saturated heterocycles. The van der Waals surface area contributed by atoms with Crippen LogP contribution in [0.5, 0.6) is 0 Å². The van der Waals surface area contributed by atoms with Crippen LogP contribution in [-0.4, -0.2) is 56.9 Å². The fraction of sp³-hybridized carbons (Fsp3) is 0.700. The molecule has 0 aromatic rings. The van der Waals surface area contributed by atoms with Gasteiger partial charge in [-0.25, -0.2) is 8.42 Å². The van der Waals surface area contributed by atoms with E-state index in [9.17, 15) is 13.2 Å². The lowest BCUT2D eigenvalue weighted by Gasteiger charge is -2.31. The van der Waals surface area contributed by atoms with Crippen LogP contribution < -0.4 is 0 Å². The van der Waals surface area contributed by atoms with Crippen molar-refractivity contribution in [3.63, 3.8) is 0 Å². The first kappa shape index (κ1) is 14.1. The molecular formula is C10H17NO5S. The zero-order valence-electron chi connectivity index (χ0n) is 9.79. The van der Waals surface area contributed by atoms with Gasteiger partial charge in [0.15, 0.2) is 5.94 Å². The number of sulfone groups is 1. The van der Waals surface area contributed by atoms with Crippen LogP contribution in [0.3, 0.4) is 0 Å². The van der Waals surface area contributed by atoms with Gasteiger partial charge in [0.25, 0.3) is 0 Å². The van der Waals surface area contributed by atoms with E-state index < -0.39 is 27.1 Å². The molecule has 1 atom stereocenters. The average molecular weight is 263 g/mol. The van der Waals surface area contributed by atoms with Gasteiger partial charge >= 0.3 is 5.97 Å². The largest absolute Gasteiger partial charge is 0.449 e. The van der Waals surface area contributed by atoms with Crippen molar-refractivity contribution in [1.29, 1.82) is 0 Å². The van der Waals surface area contributed by atoms with Crippen LogP contribution in [0.4, 0.5) is 0 Å². The lowest BCUT2D eigenvalue weighted by Crippen LogP contribution is -2.47. The standard InChI is InChI=1S/C10H17NO5S/c1-3-10(11-4-6-15-7-5-11)17(13,14)8-16-9(2)12/h3,10H,1,4-8H2,2H3. The molecule has 6 nitrogen and oxygen atoms in total. The maximum atomic E-state index is 11.9. The van der Waals surface area contributed by atoms with Crippen molar-refractivity contribution in [2.45, 2.75) is 12.3 Å². The molecule has 0 bridgehead atoms. The monoisotopic (exact) mass is 263 g/mol. The molecule has 0 aliphatic carbocycles. The van der Waals surface area contributed by atoms with Gasteiger partial charge in [0.2, 0.25) is 9.84 Å². The molecule has 1 unspecified atom stereocenters. The Balaban J connectivity index is 2.70. The van der Waals surface area contributed by atoms with Crippen molar-refractivity contribution in [2.75, 3.05) is 32.2 Å². The Bertz CT molecular complexity index is 372. The summed E-state index contributed by atoms with van der Waals surface area (Å²) in [5.41, 5.74) is 0. The van der Waals surface area contributed by atoms with Gasteiger partial charge in [-0.1, -0.05) is 6.08 Å². The Morgan fingerprint density at radius 3 is 2.59 bits per heavy atom. The summed E-state index contributed by atoms with van der Waals surface area (Å²) in [6.45, 7) is 6.74. The molecule has 98 valence electrons. The predicted octanol–water partition coefficient (Wildman–Crippen LogP) is -0.234. The zero-order valence-corrected chi connectivity index (χ0v) is 10.6. The summed E-state index contributed by atoms with van der Waals surface area (Å²) >= 11 is 0. The molecular weight excluding hydrogens is 246 g/mol. The van der Waals surface area contributed by atoms with Crippen LogP contribution in [0.1, 0.15) is 6.92 Å². The van der Waals surface area contributed by atoms with Crippen LogP contribution in [0.15, 0.2) is 12.7 Å². The van der Waals surface area contributed by atoms with Gasteiger partial charge in [-0.05, 0) is 0 Å². The van der Waals surface area contributed by atoms with Gasteiger partial charge in [-0.15, -0.1) is 6.58 Å². The number of nitrogens with zero attached hydrogens (tertiary/aromatic N) is 1. The topological polar surface area (TPSA) is 72.9 Å². The highest BCUT2D eigenvalue weighted by Crippen LogP contribution is 2.13. The molecule has 0 spiro atoms. The third kappa shape index (κ3) is 4.10. The summed E-state index contributed by atoms with van der Waals surface area (Å²) < 4.78 is 33.6. The number of rotatable bonds is 5. The first-order chi connectivity index (χ1) is 7.97. The first-order valence-corrected chi connectivity index (χ1v) is 6.98. The van der Waals surface area contributed by atoms with E-state index in [-0.39, 0.29) is 0 Å². The number of hydrogen-bond donors (Lipinski definition) is 0. The van der Waals surface area contributed by atoms with E-state index in [0.29, 0.717) is 26.3 Å². The maximum Gasteiger partial charge on any atom is 0.303 e. The number of carbonyl (C=O) groups is 1. The van der Waals surface area contributed by atoms with Crippen LogP contribution in [0.25, 0.3) is 0 Å². The minimum absolute atomic E-state index is 0.493. The molecule has 1 rings (SSSR count). The number of carbonyl (C=O) groups excluding carboxylic acids is 1. The fourth-order valence-corrected chi connectivity index (χ4v) is 3.02. The highest BCUT2D eigenvalue weighted by Gasteiger charge is 2.30. The van der Waals surface area contributed by atoms with Crippen molar-refractivity contribution >= 4 is 15.8 Å². The molecule has 7 heteroatoms. The van der Waals surface area contributed by atoms with Crippen LogP contribution in [0.2, 0.25) is 0 Å². The van der Waals surface area contributed by atoms with Gasteiger partial charge in [-0.3, -0.25) is 9.69 Å². The average Bonchev–Trinajstić information content (AvgIpc) is 2.29. The summed E-state index contributed by atoms with van der Waals surface area (Å²) in [6, 6.07) is 0. The number of esters is 1. The number of hydrogen-bond acceptors (Lipinski definition) is 6. The highest BCUT2D eigenvalue weighted by molar-refractivity contribution is 7.92. The summed E-state index contributed by atoms with van der Waals surface area (Å²) in [5, 5.41) is -0.828. The molecule has 1 aliphatic rings. The van der Waals surface area contributed by atoms with Crippen molar-refractivity contribution in [3.05, 3.63) is 12.7 Å². The van der Waals surface area contributed by atoms with Crippen LogP contribution in [-0.2, 0) is 24.1 Å². The van der Waals surface area contributed by atoms with E-state index in [0.717, 1.165) is 0 Å². The van der Waals surface area contributed by atoms with Crippen LogP contribution in [0, 0.1) is 0 Å². The molecule has 1 aliphatic heterocycles. The highest BCUT2D eigenvalue weighted by atomic mass is 32.2. The van der Waals surface area contributed by atoms with E-state index >= 15 is 0 Å². The zero-order chi connectivity index (χ0) is 12.9. The second kappa shape index (κ2) is 6.13. The van der Waals surface area contributed by atoms with Crippen molar-refractivity contribution < 1.29 is 22.7 Å². The minimum atomic E-state index is -3.56.